The van der Waals surface area contributed by atoms with E-state index in [9.17, 15) is 29.7 Å². The Morgan fingerprint density at radius 3 is 1.42 bits per heavy atom. The molecule has 0 heterocycles. The van der Waals surface area contributed by atoms with E-state index in [2.05, 4.69) is 13.8 Å². The molecule has 0 amide bonds. The number of carboxylic acids is 3. The van der Waals surface area contributed by atoms with Gasteiger partial charge in [0.15, 0.2) is 0 Å². The van der Waals surface area contributed by atoms with Gasteiger partial charge in [0.25, 0.3) is 0 Å². The van der Waals surface area contributed by atoms with Gasteiger partial charge in [-0.2, -0.15) is 0 Å². The summed E-state index contributed by atoms with van der Waals surface area (Å²) in [5.41, 5.74) is -0.0650. The number of aromatic carboxylic acids is 3. The molecule has 0 aliphatic carbocycles. The van der Waals surface area contributed by atoms with Crippen LogP contribution in [-0.2, 0) is 12.8 Å². The van der Waals surface area contributed by atoms with Crippen LogP contribution in [-0.4, -0.2) is 33.2 Å². The SMILES string of the molecule is CCCCCCCCCc1cc(C(=O)O)c(C(=O)O)c(CCCCCCCCC)c1C(=O)O. The van der Waals surface area contributed by atoms with E-state index in [4.69, 9.17) is 0 Å². The Labute approximate surface area is 198 Å². The van der Waals surface area contributed by atoms with Gasteiger partial charge >= 0.3 is 17.9 Å². The van der Waals surface area contributed by atoms with Crippen molar-refractivity contribution >= 4 is 17.9 Å². The topological polar surface area (TPSA) is 112 Å². The van der Waals surface area contributed by atoms with E-state index in [1.54, 1.807) is 0 Å². The third-order valence-corrected chi connectivity index (χ3v) is 6.25. The molecule has 1 aromatic rings. The Balaban J connectivity index is 3.06. The van der Waals surface area contributed by atoms with Crippen LogP contribution in [0.3, 0.4) is 0 Å². The minimum atomic E-state index is -1.38. The summed E-state index contributed by atoms with van der Waals surface area (Å²) in [6, 6.07) is 1.28. The second kappa shape index (κ2) is 16.3. The standard InChI is InChI=1S/C27H42O6/c1-3-5-7-9-11-13-15-17-20-19-22(25(28)29)24(27(32)33)21(23(20)26(30)31)18-16-14-12-10-8-6-4-2/h19H,3-18H2,1-2H3,(H,28,29)(H,30,31)(H,32,33). The highest BCUT2D eigenvalue weighted by molar-refractivity contribution is 6.06. The number of benzene rings is 1. The van der Waals surface area contributed by atoms with Crippen molar-refractivity contribution in [3.05, 3.63) is 33.9 Å². The molecule has 0 unspecified atom stereocenters. The average molecular weight is 463 g/mol. The lowest BCUT2D eigenvalue weighted by atomic mass is 9.86. The third kappa shape index (κ3) is 9.97. The number of hydrogen-bond donors (Lipinski definition) is 3. The maximum Gasteiger partial charge on any atom is 0.336 e. The van der Waals surface area contributed by atoms with Gasteiger partial charge < -0.3 is 15.3 Å². The van der Waals surface area contributed by atoms with E-state index in [0.29, 0.717) is 18.4 Å². The Morgan fingerprint density at radius 2 is 1.00 bits per heavy atom. The van der Waals surface area contributed by atoms with E-state index in [0.717, 1.165) is 57.8 Å². The minimum Gasteiger partial charge on any atom is -0.478 e. The van der Waals surface area contributed by atoms with E-state index in [1.807, 2.05) is 0 Å². The lowest BCUT2D eigenvalue weighted by molar-refractivity contribution is 0.0647. The molecule has 3 N–H and O–H groups in total. The summed E-state index contributed by atoms with van der Waals surface area (Å²) in [5, 5.41) is 29.4. The fraction of sp³-hybridized carbons (Fsp3) is 0.667. The van der Waals surface area contributed by atoms with Gasteiger partial charge in [0, 0.05) is 0 Å². The number of hydrogen-bond acceptors (Lipinski definition) is 3. The molecule has 0 atom stereocenters. The first kappa shape index (κ1) is 28.7. The van der Waals surface area contributed by atoms with Crippen LogP contribution in [0.5, 0.6) is 0 Å². The number of aryl methyl sites for hydroxylation is 1. The Morgan fingerprint density at radius 1 is 0.576 bits per heavy atom. The molecule has 6 nitrogen and oxygen atoms in total. The molecule has 0 radical (unpaired) electrons. The monoisotopic (exact) mass is 462 g/mol. The molecule has 0 aromatic heterocycles. The van der Waals surface area contributed by atoms with Crippen molar-refractivity contribution in [2.75, 3.05) is 0 Å². The molecule has 1 aromatic carbocycles. The van der Waals surface area contributed by atoms with Crippen molar-refractivity contribution < 1.29 is 29.7 Å². The van der Waals surface area contributed by atoms with Gasteiger partial charge in [0.1, 0.15) is 0 Å². The molecule has 0 saturated heterocycles. The fourth-order valence-electron chi connectivity index (χ4n) is 4.46. The summed E-state index contributed by atoms with van der Waals surface area (Å²) < 4.78 is 0. The Bertz CT molecular complexity index is 768. The quantitative estimate of drug-likeness (QED) is 0.185. The number of rotatable bonds is 19. The number of carboxylic acid groups (broad SMARTS) is 3. The maximum absolute atomic E-state index is 12.2. The van der Waals surface area contributed by atoms with Crippen molar-refractivity contribution in [1.82, 2.24) is 0 Å². The van der Waals surface area contributed by atoms with Gasteiger partial charge in [-0.1, -0.05) is 90.9 Å². The number of unbranched alkanes of at least 4 members (excludes halogenated alkanes) is 12. The predicted octanol–water partition coefficient (Wildman–Crippen LogP) is 7.37. The first-order valence-electron chi connectivity index (χ1n) is 12.7. The van der Waals surface area contributed by atoms with Gasteiger partial charge in [-0.3, -0.25) is 0 Å². The highest BCUT2D eigenvalue weighted by Crippen LogP contribution is 2.28. The lowest BCUT2D eigenvalue weighted by Crippen LogP contribution is -2.18. The van der Waals surface area contributed by atoms with Gasteiger partial charge in [-0.25, -0.2) is 14.4 Å². The minimum absolute atomic E-state index is 0.00522. The van der Waals surface area contributed by atoms with Crippen molar-refractivity contribution in [3.8, 4) is 0 Å². The first-order valence-corrected chi connectivity index (χ1v) is 12.7. The molecule has 0 spiro atoms. The van der Waals surface area contributed by atoms with Gasteiger partial charge in [-0.05, 0) is 42.9 Å². The number of carbonyl (C=O) groups is 3. The highest BCUT2D eigenvalue weighted by atomic mass is 16.4. The van der Waals surface area contributed by atoms with Gasteiger partial charge in [0.05, 0.1) is 16.7 Å². The van der Waals surface area contributed by atoms with E-state index in [-0.39, 0.29) is 28.7 Å². The van der Waals surface area contributed by atoms with Crippen LogP contribution in [0.4, 0.5) is 0 Å². The van der Waals surface area contributed by atoms with Crippen molar-refractivity contribution in [1.29, 1.82) is 0 Å². The zero-order valence-electron chi connectivity index (χ0n) is 20.5. The van der Waals surface area contributed by atoms with Crippen LogP contribution in [0.25, 0.3) is 0 Å². The lowest BCUT2D eigenvalue weighted by Gasteiger charge is -2.17. The summed E-state index contributed by atoms with van der Waals surface area (Å²) in [6.07, 6.45) is 15.3. The summed E-state index contributed by atoms with van der Waals surface area (Å²) in [7, 11) is 0. The second-order valence-electron chi connectivity index (χ2n) is 8.97. The molecule has 186 valence electrons. The van der Waals surface area contributed by atoms with E-state index in [1.165, 1.54) is 31.7 Å². The normalized spacial score (nSPS) is 11.0. The molecule has 0 aliphatic rings. The summed E-state index contributed by atoms with van der Waals surface area (Å²) in [5.74, 6) is -3.88. The molecule has 6 heteroatoms. The van der Waals surface area contributed by atoms with E-state index < -0.39 is 17.9 Å². The van der Waals surface area contributed by atoms with Crippen LogP contribution >= 0.6 is 0 Å². The summed E-state index contributed by atoms with van der Waals surface area (Å²) >= 11 is 0. The molecular formula is C27H42O6. The molecule has 0 aliphatic heterocycles. The van der Waals surface area contributed by atoms with Gasteiger partial charge in [-0.15, -0.1) is 0 Å². The Hall–Kier alpha value is -2.37. The van der Waals surface area contributed by atoms with Gasteiger partial charge in [0.2, 0.25) is 0 Å². The summed E-state index contributed by atoms with van der Waals surface area (Å²) in [4.78, 5) is 36.0. The smallest absolute Gasteiger partial charge is 0.336 e. The second-order valence-corrected chi connectivity index (χ2v) is 8.97. The fourth-order valence-corrected chi connectivity index (χ4v) is 4.46. The zero-order chi connectivity index (χ0) is 24.6. The van der Waals surface area contributed by atoms with Crippen LogP contribution < -0.4 is 0 Å². The van der Waals surface area contributed by atoms with Crippen LogP contribution in [0.15, 0.2) is 6.07 Å². The van der Waals surface area contributed by atoms with Crippen molar-refractivity contribution in [2.45, 2.75) is 117 Å². The zero-order valence-corrected chi connectivity index (χ0v) is 20.5. The van der Waals surface area contributed by atoms with E-state index >= 15 is 0 Å². The predicted molar refractivity (Wildman–Crippen MR) is 131 cm³/mol. The Kier molecular flexibility index (Phi) is 14.1. The molecular weight excluding hydrogens is 420 g/mol. The molecule has 0 saturated carbocycles. The van der Waals surface area contributed by atoms with Crippen LogP contribution in [0.2, 0.25) is 0 Å². The maximum atomic E-state index is 12.2. The van der Waals surface area contributed by atoms with Crippen molar-refractivity contribution in [2.24, 2.45) is 0 Å². The largest absolute Gasteiger partial charge is 0.478 e. The molecule has 1 rings (SSSR count). The summed E-state index contributed by atoms with van der Waals surface area (Å²) in [6.45, 7) is 4.32. The third-order valence-electron chi connectivity index (χ3n) is 6.25. The molecule has 0 fully saturated rings. The van der Waals surface area contributed by atoms with Crippen LogP contribution in [0, 0.1) is 0 Å². The highest BCUT2D eigenvalue weighted by Gasteiger charge is 2.28. The first-order chi connectivity index (χ1) is 15.8. The average Bonchev–Trinajstić information content (AvgIpc) is 2.76. The van der Waals surface area contributed by atoms with Crippen molar-refractivity contribution in [3.63, 3.8) is 0 Å². The van der Waals surface area contributed by atoms with Crippen LogP contribution in [0.1, 0.15) is 146 Å². The molecule has 33 heavy (non-hydrogen) atoms. The molecule has 0 bridgehead atoms.